The van der Waals surface area contributed by atoms with E-state index in [0.717, 1.165) is 22.2 Å². The van der Waals surface area contributed by atoms with E-state index in [2.05, 4.69) is 20.5 Å². The van der Waals surface area contributed by atoms with E-state index >= 15 is 0 Å². The van der Waals surface area contributed by atoms with Crippen molar-refractivity contribution in [3.05, 3.63) is 116 Å². The van der Waals surface area contributed by atoms with Gasteiger partial charge >= 0.3 is 0 Å². The van der Waals surface area contributed by atoms with E-state index in [-0.39, 0.29) is 0 Å². The van der Waals surface area contributed by atoms with Crippen LogP contribution in [0.25, 0.3) is 16.6 Å². The number of benzene rings is 3. The quantitative estimate of drug-likeness (QED) is 0.112. The first-order valence-corrected chi connectivity index (χ1v) is 12.5. The lowest BCUT2D eigenvalue weighted by molar-refractivity contribution is 0.0959. The molecule has 5 aromatic rings. The number of fused-ring (bicyclic) bond motifs is 1. The van der Waals surface area contributed by atoms with Gasteiger partial charge in [0.2, 0.25) is 0 Å². The molecular weight excluding hydrogens is 510 g/mol. The highest BCUT2D eigenvalue weighted by Crippen LogP contribution is 2.31. The van der Waals surface area contributed by atoms with E-state index in [0.29, 0.717) is 25.4 Å². The normalized spacial score (nSPS) is 11.5. The summed E-state index contributed by atoms with van der Waals surface area (Å²) in [6, 6.07) is 28.7. The Labute approximate surface area is 221 Å². The molecular formula is C27H18ClN5OS2. The van der Waals surface area contributed by atoms with Crippen molar-refractivity contribution in [2.45, 2.75) is 0 Å². The van der Waals surface area contributed by atoms with E-state index in [9.17, 15) is 4.79 Å². The first kappa shape index (κ1) is 23.7. The van der Waals surface area contributed by atoms with Gasteiger partial charge < -0.3 is 0 Å². The molecule has 1 N–H and O–H groups in total. The fraction of sp³-hybridized carbons (Fsp3) is 0. The number of nitrogens with one attached hydrogen (secondary N) is 1. The minimum Gasteiger partial charge on any atom is -0.276 e. The molecule has 0 radical (unpaired) electrons. The van der Waals surface area contributed by atoms with Crippen LogP contribution in [0.2, 0.25) is 5.15 Å². The van der Waals surface area contributed by atoms with Gasteiger partial charge in [0.1, 0.15) is 10.0 Å². The molecule has 176 valence electrons. The van der Waals surface area contributed by atoms with Crippen molar-refractivity contribution in [1.82, 2.24) is 15.0 Å². The van der Waals surface area contributed by atoms with Gasteiger partial charge in [-0.1, -0.05) is 89.7 Å². The summed E-state index contributed by atoms with van der Waals surface area (Å²) in [5, 5.41) is 5.34. The largest absolute Gasteiger partial charge is 0.285 e. The van der Waals surface area contributed by atoms with Crippen LogP contribution in [0.1, 0.15) is 20.8 Å². The maximum Gasteiger partial charge on any atom is 0.285 e. The standard InChI is InChI=1S/C27H18ClN5OS2/c28-24-20(15-19-11-7-8-14-22(19)31-24)17-30-32-26(34)23-25(29-16-18-9-3-1-4-10-18)33(27(35)36-23)21-12-5-2-6-13-21/h1-17H,(H,32,34)/b29-16+,30-17+. The molecule has 5 rings (SSSR count). The Kier molecular flexibility index (Phi) is 7.08. The highest BCUT2D eigenvalue weighted by molar-refractivity contribution is 7.73. The third-order valence-electron chi connectivity index (χ3n) is 5.22. The van der Waals surface area contributed by atoms with Gasteiger partial charge in [-0.15, -0.1) is 0 Å². The van der Waals surface area contributed by atoms with Crippen LogP contribution in [0.4, 0.5) is 5.82 Å². The van der Waals surface area contributed by atoms with Gasteiger partial charge in [-0.3, -0.25) is 9.36 Å². The molecule has 0 aliphatic heterocycles. The number of aliphatic imine (C=N–C) groups is 1. The molecule has 0 bridgehead atoms. The first-order valence-electron chi connectivity index (χ1n) is 10.9. The van der Waals surface area contributed by atoms with Gasteiger partial charge in [0.05, 0.1) is 11.7 Å². The lowest BCUT2D eigenvalue weighted by Crippen LogP contribution is -2.17. The highest BCUT2D eigenvalue weighted by atomic mass is 35.5. The molecule has 0 saturated carbocycles. The van der Waals surface area contributed by atoms with Crippen molar-refractivity contribution in [3.8, 4) is 5.69 Å². The summed E-state index contributed by atoms with van der Waals surface area (Å²) in [5.41, 5.74) is 5.66. The number of carbonyl (C=O) groups is 1. The Morgan fingerprint density at radius 1 is 0.972 bits per heavy atom. The average molecular weight is 528 g/mol. The molecule has 36 heavy (non-hydrogen) atoms. The Balaban J connectivity index is 1.47. The highest BCUT2D eigenvalue weighted by Gasteiger charge is 2.20. The van der Waals surface area contributed by atoms with Gasteiger partial charge in [0.15, 0.2) is 9.77 Å². The predicted octanol–water partition coefficient (Wildman–Crippen LogP) is 6.98. The fourth-order valence-corrected chi connectivity index (χ4v) is 4.99. The van der Waals surface area contributed by atoms with Crippen molar-refractivity contribution in [2.75, 3.05) is 0 Å². The van der Waals surface area contributed by atoms with E-state index < -0.39 is 5.91 Å². The molecule has 0 fully saturated rings. The van der Waals surface area contributed by atoms with Gasteiger partial charge in [-0.25, -0.2) is 15.4 Å². The molecule has 0 atom stereocenters. The number of carbonyl (C=O) groups excluding carboxylic acids is 1. The molecule has 0 aliphatic rings. The molecule has 9 heteroatoms. The number of amides is 1. The summed E-state index contributed by atoms with van der Waals surface area (Å²) in [5.74, 6) is 0.000251. The van der Waals surface area contributed by atoms with Crippen LogP contribution in [0.15, 0.2) is 101 Å². The number of hydrazone groups is 1. The molecule has 2 aromatic heterocycles. The van der Waals surface area contributed by atoms with E-state index in [1.54, 1.807) is 10.8 Å². The second-order valence-corrected chi connectivity index (χ2v) is 9.62. The topological polar surface area (TPSA) is 71.6 Å². The van der Waals surface area contributed by atoms with E-state index in [1.807, 2.05) is 91.0 Å². The number of hydrogen-bond donors (Lipinski definition) is 1. The zero-order chi connectivity index (χ0) is 24.9. The zero-order valence-corrected chi connectivity index (χ0v) is 21.1. The van der Waals surface area contributed by atoms with Gasteiger partial charge in [0.25, 0.3) is 5.91 Å². The predicted molar refractivity (Wildman–Crippen MR) is 150 cm³/mol. The summed E-state index contributed by atoms with van der Waals surface area (Å²) in [6.07, 6.45) is 3.18. The third kappa shape index (κ3) is 5.16. The molecule has 0 saturated heterocycles. The van der Waals surface area contributed by atoms with Crippen molar-refractivity contribution in [1.29, 1.82) is 0 Å². The molecule has 0 aliphatic carbocycles. The second kappa shape index (κ2) is 10.7. The lowest BCUT2D eigenvalue weighted by Gasteiger charge is -2.06. The number of rotatable bonds is 6. The number of para-hydroxylation sites is 2. The van der Waals surface area contributed by atoms with Crippen LogP contribution in [0.3, 0.4) is 0 Å². The molecule has 2 heterocycles. The van der Waals surface area contributed by atoms with Crippen LogP contribution in [-0.4, -0.2) is 27.9 Å². The minimum absolute atomic E-state index is 0.297. The van der Waals surface area contributed by atoms with E-state index in [1.165, 1.54) is 17.6 Å². The maximum atomic E-state index is 13.2. The van der Waals surface area contributed by atoms with Crippen LogP contribution in [-0.2, 0) is 0 Å². The number of pyridine rings is 1. The summed E-state index contributed by atoms with van der Waals surface area (Å²) >= 11 is 13.1. The van der Waals surface area contributed by atoms with Crippen LogP contribution >= 0.6 is 35.2 Å². The van der Waals surface area contributed by atoms with Gasteiger partial charge in [0, 0.05) is 22.9 Å². The number of aromatic nitrogens is 2. The van der Waals surface area contributed by atoms with E-state index in [4.69, 9.17) is 23.8 Å². The van der Waals surface area contributed by atoms with Crippen molar-refractivity contribution in [3.63, 3.8) is 0 Å². The monoisotopic (exact) mass is 527 g/mol. The summed E-state index contributed by atoms with van der Waals surface area (Å²) in [4.78, 5) is 22.5. The summed E-state index contributed by atoms with van der Waals surface area (Å²) in [6.45, 7) is 0. The molecule has 0 spiro atoms. The zero-order valence-electron chi connectivity index (χ0n) is 18.7. The van der Waals surface area contributed by atoms with Crippen molar-refractivity contribution >= 4 is 70.2 Å². The maximum absolute atomic E-state index is 13.2. The number of hydrogen-bond acceptors (Lipinski definition) is 6. The Bertz CT molecular complexity index is 1660. The smallest absolute Gasteiger partial charge is 0.276 e. The second-order valence-electron chi connectivity index (χ2n) is 7.62. The Hall–Kier alpha value is -3.98. The van der Waals surface area contributed by atoms with Gasteiger partial charge in [-0.05, 0) is 42.0 Å². The van der Waals surface area contributed by atoms with Crippen LogP contribution in [0.5, 0.6) is 0 Å². The molecule has 0 unspecified atom stereocenters. The molecule has 3 aromatic carbocycles. The number of nitrogens with zero attached hydrogens (tertiary/aromatic N) is 4. The Morgan fingerprint density at radius 3 is 2.44 bits per heavy atom. The number of halogens is 1. The van der Waals surface area contributed by atoms with Crippen LogP contribution < -0.4 is 5.43 Å². The number of thiazole rings is 1. The molecule has 1 amide bonds. The Morgan fingerprint density at radius 2 is 1.67 bits per heavy atom. The van der Waals surface area contributed by atoms with Gasteiger partial charge in [-0.2, -0.15) is 5.10 Å². The third-order valence-corrected chi connectivity index (χ3v) is 6.88. The van der Waals surface area contributed by atoms with Crippen molar-refractivity contribution < 1.29 is 4.79 Å². The van der Waals surface area contributed by atoms with Crippen LogP contribution in [0, 0.1) is 3.95 Å². The summed E-state index contributed by atoms with van der Waals surface area (Å²) < 4.78 is 2.28. The summed E-state index contributed by atoms with van der Waals surface area (Å²) in [7, 11) is 0. The lowest BCUT2D eigenvalue weighted by atomic mass is 10.2. The minimum atomic E-state index is -0.429. The average Bonchev–Trinajstić information content (AvgIpc) is 3.24. The SMILES string of the molecule is O=C(N/N=C/c1cc2ccccc2nc1Cl)c1sc(=S)n(-c2ccccc2)c1/N=C/c1ccccc1. The first-order chi connectivity index (χ1) is 17.6. The molecule has 6 nitrogen and oxygen atoms in total. The fourth-order valence-electron chi connectivity index (χ4n) is 3.52. The van der Waals surface area contributed by atoms with Crippen molar-refractivity contribution in [2.24, 2.45) is 10.1 Å².